The van der Waals surface area contributed by atoms with Crippen LogP contribution in [0.15, 0.2) is 54.7 Å². The summed E-state index contributed by atoms with van der Waals surface area (Å²) in [5, 5.41) is 11.5. The Hall–Kier alpha value is -3.06. The topological polar surface area (TPSA) is 62.5 Å². The highest BCUT2D eigenvalue weighted by Crippen LogP contribution is 2.24. The summed E-state index contributed by atoms with van der Waals surface area (Å²) in [6.07, 6.45) is 1.69. The third-order valence-corrected chi connectivity index (χ3v) is 4.97. The number of anilines is 1. The van der Waals surface area contributed by atoms with Gasteiger partial charge in [-0.15, -0.1) is 0 Å². The molecule has 0 aliphatic carbocycles. The normalized spacial score (nSPS) is 15.2. The van der Waals surface area contributed by atoms with Gasteiger partial charge in [0.15, 0.2) is 0 Å². The van der Waals surface area contributed by atoms with Crippen LogP contribution in [0.5, 0.6) is 0 Å². The lowest BCUT2D eigenvalue weighted by molar-refractivity contribution is -0.384. The number of nitro groups is 1. The van der Waals surface area contributed by atoms with E-state index in [1.165, 1.54) is 12.1 Å². The van der Waals surface area contributed by atoms with Gasteiger partial charge in [-0.2, -0.15) is 0 Å². The van der Waals surface area contributed by atoms with E-state index < -0.39 is 0 Å². The number of pyridine rings is 1. The molecule has 6 nitrogen and oxygen atoms in total. The average molecular weight is 366 g/mol. The summed E-state index contributed by atoms with van der Waals surface area (Å²) >= 11 is 0. The van der Waals surface area contributed by atoms with Crippen molar-refractivity contribution < 1.29 is 9.31 Å². The highest BCUT2D eigenvalue weighted by atomic mass is 19.1. The molecule has 0 amide bonds. The highest BCUT2D eigenvalue weighted by molar-refractivity contribution is 5.82. The van der Waals surface area contributed by atoms with Crippen LogP contribution in [0.3, 0.4) is 0 Å². The number of aromatic nitrogens is 1. The fourth-order valence-corrected chi connectivity index (χ4v) is 3.53. The largest absolute Gasteiger partial charge is 0.369 e. The van der Waals surface area contributed by atoms with Crippen molar-refractivity contribution in [3.63, 3.8) is 0 Å². The molecule has 1 fully saturated rings. The van der Waals surface area contributed by atoms with Crippen LogP contribution in [0.4, 0.5) is 15.8 Å². The first-order chi connectivity index (χ1) is 13.1. The van der Waals surface area contributed by atoms with Crippen LogP contribution >= 0.6 is 0 Å². The molecule has 1 saturated heterocycles. The van der Waals surface area contributed by atoms with Crippen LogP contribution in [0.25, 0.3) is 10.9 Å². The van der Waals surface area contributed by atoms with Gasteiger partial charge in [0.2, 0.25) is 0 Å². The van der Waals surface area contributed by atoms with E-state index in [9.17, 15) is 14.5 Å². The van der Waals surface area contributed by atoms with Gasteiger partial charge < -0.3 is 4.90 Å². The summed E-state index contributed by atoms with van der Waals surface area (Å²) in [5.74, 6) is -0.252. The monoisotopic (exact) mass is 366 g/mol. The Morgan fingerprint density at radius 3 is 2.67 bits per heavy atom. The van der Waals surface area contributed by atoms with Crippen molar-refractivity contribution >= 4 is 22.3 Å². The molecular weight excluding hydrogens is 347 g/mol. The molecule has 138 valence electrons. The summed E-state index contributed by atoms with van der Waals surface area (Å²) in [6.45, 7) is 3.93. The van der Waals surface area contributed by atoms with E-state index in [0.29, 0.717) is 17.4 Å². The van der Waals surface area contributed by atoms with Crippen LogP contribution in [0.1, 0.15) is 5.56 Å². The predicted molar refractivity (Wildman–Crippen MR) is 102 cm³/mol. The third kappa shape index (κ3) is 3.59. The maximum atomic E-state index is 14.0. The first-order valence-electron chi connectivity index (χ1n) is 8.86. The molecule has 7 heteroatoms. The lowest BCUT2D eigenvalue weighted by atomic mass is 10.1. The summed E-state index contributed by atoms with van der Waals surface area (Å²) in [7, 11) is 0. The van der Waals surface area contributed by atoms with Crippen molar-refractivity contribution in [2.45, 2.75) is 6.54 Å². The predicted octanol–water partition coefficient (Wildman–Crippen LogP) is 3.60. The van der Waals surface area contributed by atoms with Gasteiger partial charge in [-0.05, 0) is 29.8 Å². The van der Waals surface area contributed by atoms with Gasteiger partial charge in [0, 0.05) is 62.1 Å². The molecule has 2 aromatic carbocycles. The molecule has 4 rings (SSSR count). The Bertz CT molecular complexity index is 987. The molecule has 1 aliphatic heterocycles. The van der Waals surface area contributed by atoms with Crippen molar-refractivity contribution in [1.82, 2.24) is 9.88 Å². The minimum Gasteiger partial charge on any atom is -0.369 e. The standard InChI is InChI=1S/C20H19FN4O2/c21-19-7-6-15(20-18(19)5-2-8-22-20)14-23-9-11-24(12-10-23)16-3-1-4-17(13-16)25(26)27/h1-8,13H,9-12,14H2. The second kappa shape index (κ2) is 7.28. The van der Waals surface area contributed by atoms with Gasteiger partial charge in [-0.3, -0.25) is 20.0 Å². The van der Waals surface area contributed by atoms with Gasteiger partial charge >= 0.3 is 0 Å². The molecule has 0 spiro atoms. The molecule has 1 aliphatic rings. The smallest absolute Gasteiger partial charge is 0.271 e. The highest BCUT2D eigenvalue weighted by Gasteiger charge is 2.20. The number of halogens is 1. The van der Waals surface area contributed by atoms with Gasteiger partial charge in [-0.1, -0.05) is 12.1 Å². The Morgan fingerprint density at radius 2 is 1.89 bits per heavy atom. The summed E-state index contributed by atoms with van der Waals surface area (Å²) in [5.41, 5.74) is 2.70. The molecule has 0 atom stereocenters. The average Bonchev–Trinajstić information content (AvgIpc) is 2.71. The van der Waals surface area contributed by atoms with Crippen molar-refractivity contribution in [3.8, 4) is 0 Å². The number of piperazine rings is 1. The molecule has 0 N–H and O–H groups in total. The summed E-state index contributed by atoms with van der Waals surface area (Å²) in [4.78, 5) is 19.4. The fraction of sp³-hybridized carbons (Fsp3) is 0.250. The Balaban J connectivity index is 1.45. The number of fused-ring (bicyclic) bond motifs is 1. The van der Waals surface area contributed by atoms with Crippen LogP contribution < -0.4 is 4.90 Å². The molecule has 0 radical (unpaired) electrons. The zero-order valence-corrected chi connectivity index (χ0v) is 14.7. The van der Waals surface area contributed by atoms with E-state index in [0.717, 1.165) is 37.4 Å². The number of nitro benzene ring substituents is 1. The van der Waals surface area contributed by atoms with Crippen molar-refractivity contribution in [2.24, 2.45) is 0 Å². The zero-order valence-electron chi connectivity index (χ0n) is 14.7. The minimum atomic E-state index is -0.369. The maximum Gasteiger partial charge on any atom is 0.271 e. The van der Waals surface area contributed by atoms with Crippen LogP contribution in [-0.2, 0) is 6.54 Å². The first kappa shape index (κ1) is 17.4. The number of benzene rings is 2. The third-order valence-electron chi connectivity index (χ3n) is 4.97. The van der Waals surface area contributed by atoms with E-state index in [1.54, 1.807) is 36.5 Å². The molecule has 0 saturated carbocycles. The molecular formula is C20H19FN4O2. The van der Waals surface area contributed by atoms with Gasteiger partial charge in [0.1, 0.15) is 5.82 Å². The van der Waals surface area contributed by atoms with Gasteiger partial charge in [-0.25, -0.2) is 4.39 Å². The lowest BCUT2D eigenvalue weighted by Gasteiger charge is -2.36. The Labute approximate surface area is 156 Å². The van der Waals surface area contributed by atoms with Crippen molar-refractivity contribution in [2.75, 3.05) is 31.1 Å². The van der Waals surface area contributed by atoms with Gasteiger partial charge in [0.25, 0.3) is 5.69 Å². The fourth-order valence-electron chi connectivity index (χ4n) is 3.53. The SMILES string of the molecule is O=[N+]([O-])c1cccc(N2CCN(Cc3ccc(F)c4cccnc34)CC2)c1. The van der Waals surface area contributed by atoms with Crippen LogP contribution in [0, 0.1) is 15.9 Å². The number of nitrogens with zero attached hydrogens (tertiary/aromatic N) is 4. The second-order valence-corrected chi connectivity index (χ2v) is 6.65. The number of hydrogen-bond donors (Lipinski definition) is 0. The quantitative estimate of drug-likeness (QED) is 0.521. The second-order valence-electron chi connectivity index (χ2n) is 6.65. The van der Waals surface area contributed by atoms with E-state index in [4.69, 9.17) is 0 Å². The van der Waals surface area contributed by atoms with Crippen molar-refractivity contribution in [1.29, 1.82) is 0 Å². The molecule has 2 heterocycles. The summed E-state index contributed by atoms with van der Waals surface area (Å²) in [6, 6.07) is 13.5. The van der Waals surface area contributed by atoms with Gasteiger partial charge in [0.05, 0.1) is 10.4 Å². The molecule has 0 unspecified atom stereocenters. The molecule has 3 aromatic rings. The zero-order chi connectivity index (χ0) is 18.8. The number of non-ortho nitro benzene ring substituents is 1. The Morgan fingerprint density at radius 1 is 1.07 bits per heavy atom. The molecule has 1 aromatic heterocycles. The van der Waals surface area contributed by atoms with E-state index in [1.807, 2.05) is 6.07 Å². The minimum absolute atomic E-state index is 0.110. The molecule has 0 bridgehead atoms. The maximum absolute atomic E-state index is 14.0. The van der Waals surface area contributed by atoms with E-state index >= 15 is 0 Å². The van der Waals surface area contributed by atoms with E-state index in [2.05, 4.69) is 14.8 Å². The number of hydrogen-bond acceptors (Lipinski definition) is 5. The van der Waals surface area contributed by atoms with Crippen LogP contribution in [0.2, 0.25) is 0 Å². The lowest BCUT2D eigenvalue weighted by Crippen LogP contribution is -2.46. The summed E-state index contributed by atoms with van der Waals surface area (Å²) < 4.78 is 14.0. The van der Waals surface area contributed by atoms with Crippen LogP contribution in [-0.4, -0.2) is 41.0 Å². The van der Waals surface area contributed by atoms with E-state index in [-0.39, 0.29) is 16.4 Å². The Kier molecular flexibility index (Phi) is 4.68. The number of rotatable bonds is 4. The van der Waals surface area contributed by atoms with Crippen molar-refractivity contribution in [3.05, 3.63) is 76.2 Å². The first-order valence-corrected chi connectivity index (χ1v) is 8.86. The molecule has 27 heavy (non-hydrogen) atoms.